The molecule has 2 heterocycles. The largest absolute Gasteiger partial charge is 0.392 e. The summed E-state index contributed by atoms with van der Waals surface area (Å²) < 4.78 is 12.9. The fourth-order valence-electron chi connectivity index (χ4n) is 5.53. The summed E-state index contributed by atoms with van der Waals surface area (Å²) in [4.78, 5) is 27.3. The van der Waals surface area contributed by atoms with E-state index < -0.39 is 18.4 Å². The minimum atomic E-state index is -0.674. The summed E-state index contributed by atoms with van der Waals surface area (Å²) in [6.45, 7) is 3.57. The van der Waals surface area contributed by atoms with Crippen molar-refractivity contribution in [3.05, 3.63) is 101 Å². The molecular weight excluding hydrogens is 534 g/mol. The monoisotopic (exact) mass is 573 g/mol. The standard InChI is InChI=1S/C33H39N3O6/c1-22(38)30(16-23-6-3-2-4-7-23)35-33(40)34-27-9-5-8-26(17-27)32-41-29(20-36-15-14-28(39)19-36)18-31(42-32)25-12-10-24(21-37)11-13-25/h2-13,17,28-32,37,39H,14-16,18-21H2,1H3,(H2,34,35,40)/t28-,29+,30-,31-,32?/m1/s1. The maximum atomic E-state index is 12.9. The fraction of sp³-hybridized carbons (Fsp3) is 0.394. The number of carbonyl (C=O) groups is 2. The van der Waals surface area contributed by atoms with Crippen LogP contribution in [0, 0.1) is 0 Å². The number of nitrogens with one attached hydrogen (secondary N) is 2. The van der Waals surface area contributed by atoms with Gasteiger partial charge < -0.3 is 30.3 Å². The number of benzene rings is 3. The van der Waals surface area contributed by atoms with E-state index >= 15 is 0 Å². The van der Waals surface area contributed by atoms with E-state index in [4.69, 9.17) is 9.47 Å². The first-order valence-electron chi connectivity index (χ1n) is 14.5. The number of urea groups is 1. The molecule has 9 nitrogen and oxygen atoms in total. The number of aliphatic hydroxyl groups is 2. The van der Waals surface area contributed by atoms with Crippen molar-refractivity contribution >= 4 is 17.5 Å². The number of hydrogen-bond donors (Lipinski definition) is 4. The molecule has 0 spiro atoms. The molecule has 0 radical (unpaired) electrons. The number of hydrogen-bond acceptors (Lipinski definition) is 7. The molecule has 5 rings (SSSR count). The highest BCUT2D eigenvalue weighted by Crippen LogP contribution is 2.39. The second-order valence-corrected chi connectivity index (χ2v) is 11.1. The zero-order valence-electron chi connectivity index (χ0n) is 23.8. The molecule has 3 aromatic rings. The van der Waals surface area contributed by atoms with E-state index in [-0.39, 0.29) is 30.7 Å². The predicted octanol–water partition coefficient (Wildman–Crippen LogP) is 4.11. The topological polar surface area (TPSA) is 120 Å². The lowest BCUT2D eigenvalue weighted by molar-refractivity contribution is -0.252. The molecule has 222 valence electrons. The Morgan fingerprint density at radius 3 is 2.45 bits per heavy atom. The van der Waals surface area contributed by atoms with E-state index in [1.54, 1.807) is 6.07 Å². The molecule has 0 aliphatic carbocycles. The van der Waals surface area contributed by atoms with E-state index in [1.807, 2.05) is 72.8 Å². The summed E-state index contributed by atoms with van der Waals surface area (Å²) in [7, 11) is 0. The van der Waals surface area contributed by atoms with Crippen molar-refractivity contribution in [1.29, 1.82) is 0 Å². The van der Waals surface area contributed by atoms with E-state index in [1.165, 1.54) is 6.92 Å². The van der Waals surface area contributed by atoms with Crippen molar-refractivity contribution < 1.29 is 29.3 Å². The summed E-state index contributed by atoms with van der Waals surface area (Å²) in [6.07, 6.45) is 0.455. The number of anilines is 1. The molecule has 42 heavy (non-hydrogen) atoms. The highest BCUT2D eigenvalue weighted by atomic mass is 16.7. The van der Waals surface area contributed by atoms with Gasteiger partial charge in [0.2, 0.25) is 0 Å². The third-order valence-corrected chi connectivity index (χ3v) is 7.82. The van der Waals surface area contributed by atoms with Crippen LogP contribution in [-0.2, 0) is 27.3 Å². The lowest BCUT2D eigenvalue weighted by atomic mass is 9.99. The van der Waals surface area contributed by atoms with Crippen molar-refractivity contribution in [2.45, 2.75) is 63.4 Å². The van der Waals surface area contributed by atoms with Gasteiger partial charge in [-0.3, -0.25) is 9.69 Å². The maximum Gasteiger partial charge on any atom is 0.319 e. The van der Waals surface area contributed by atoms with Crippen LogP contribution >= 0.6 is 0 Å². The number of amides is 2. The number of ketones is 1. The van der Waals surface area contributed by atoms with Gasteiger partial charge in [0.25, 0.3) is 0 Å². The van der Waals surface area contributed by atoms with Gasteiger partial charge in [-0.15, -0.1) is 0 Å². The fourth-order valence-corrected chi connectivity index (χ4v) is 5.53. The summed E-state index contributed by atoms with van der Waals surface area (Å²) >= 11 is 0. The molecular formula is C33H39N3O6. The first kappa shape index (κ1) is 29.9. The molecule has 2 amide bonds. The first-order valence-corrected chi connectivity index (χ1v) is 14.5. The molecule has 3 aromatic carbocycles. The predicted molar refractivity (Wildman–Crippen MR) is 159 cm³/mol. The lowest BCUT2D eigenvalue weighted by Crippen LogP contribution is -2.43. The molecule has 0 aromatic heterocycles. The van der Waals surface area contributed by atoms with Crippen LogP contribution in [0.4, 0.5) is 10.5 Å². The van der Waals surface area contributed by atoms with Crippen LogP contribution in [0.1, 0.15) is 54.4 Å². The lowest BCUT2D eigenvalue weighted by Gasteiger charge is -2.38. The van der Waals surface area contributed by atoms with E-state index in [9.17, 15) is 19.8 Å². The van der Waals surface area contributed by atoms with E-state index in [0.717, 1.165) is 35.2 Å². The van der Waals surface area contributed by atoms with Crippen molar-refractivity contribution in [2.24, 2.45) is 0 Å². The van der Waals surface area contributed by atoms with Crippen LogP contribution in [0.15, 0.2) is 78.9 Å². The Morgan fingerprint density at radius 1 is 0.976 bits per heavy atom. The van der Waals surface area contributed by atoms with Crippen LogP contribution in [0.2, 0.25) is 0 Å². The molecule has 9 heteroatoms. The molecule has 5 atom stereocenters. The Morgan fingerprint density at radius 2 is 1.76 bits per heavy atom. The number of likely N-dealkylation sites (tertiary alicyclic amines) is 1. The van der Waals surface area contributed by atoms with Crippen molar-refractivity contribution in [2.75, 3.05) is 25.0 Å². The molecule has 2 aliphatic heterocycles. The zero-order chi connectivity index (χ0) is 29.5. The van der Waals surface area contributed by atoms with Crippen LogP contribution in [-0.4, -0.2) is 64.8 Å². The van der Waals surface area contributed by atoms with Crippen molar-refractivity contribution in [1.82, 2.24) is 10.2 Å². The summed E-state index contributed by atoms with van der Waals surface area (Å²) in [5.41, 5.74) is 4.09. The van der Waals surface area contributed by atoms with Crippen molar-refractivity contribution in [3.8, 4) is 0 Å². The van der Waals surface area contributed by atoms with Crippen LogP contribution < -0.4 is 10.6 Å². The second-order valence-electron chi connectivity index (χ2n) is 11.1. The zero-order valence-corrected chi connectivity index (χ0v) is 23.8. The highest BCUT2D eigenvalue weighted by Gasteiger charge is 2.34. The van der Waals surface area contributed by atoms with Gasteiger partial charge in [-0.25, -0.2) is 4.79 Å². The van der Waals surface area contributed by atoms with Gasteiger partial charge in [-0.05, 0) is 48.6 Å². The van der Waals surface area contributed by atoms with Crippen LogP contribution in [0.3, 0.4) is 0 Å². The van der Waals surface area contributed by atoms with Gasteiger partial charge in [-0.2, -0.15) is 0 Å². The van der Waals surface area contributed by atoms with Crippen LogP contribution in [0.25, 0.3) is 0 Å². The van der Waals surface area contributed by atoms with Crippen molar-refractivity contribution in [3.63, 3.8) is 0 Å². The number of β-amino-alcohol motifs (C(OH)–C–C–N with tert-alkyl or cyclic N) is 1. The summed E-state index contributed by atoms with van der Waals surface area (Å²) in [6, 6.07) is 23.5. The molecule has 2 saturated heterocycles. The Bertz CT molecular complexity index is 1340. The van der Waals surface area contributed by atoms with Gasteiger partial charge in [0.15, 0.2) is 12.1 Å². The number of rotatable bonds is 10. The SMILES string of the molecule is CC(=O)[C@@H](Cc1ccccc1)NC(=O)Nc1cccc(C2O[C@H](CN3CC[C@@H](O)C3)C[C@H](c3ccc(CO)cc3)O2)c1. The smallest absolute Gasteiger partial charge is 0.319 e. The third-order valence-electron chi connectivity index (χ3n) is 7.82. The maximum absolute atomic E-state index is 12.9. The number of nitrogens with zero attached hydrogens (tertiary/aromatic N) is 1. The number of Topliss-reactive ketones (excluding diaryl/α,β-unsaturated/α-hetero) is 1. The number of ether oxygens (including phenoxy) is 2. The average molecular weight is 574 g/mol. The molecule has 0 bridgehead atoms. The normalized spacial score (nSPS) is 23.3. The van der Waals surface area contributed by atoms with E-state index in [2.05, 4.69) is 15.5 Å². The molecule has 4 N–H and O–H groups in total. The molecule has 1 unspecified atom stereocenters. The molecule has 2 aliphatic rings. The Hall–Kier alpha value is -3.60. The van der Waals surface area contributed by atoms with Gasteiger partial charge in [0.1, 0.15) is 0 Å². The third kappa shape index (κ3) is 8.02. The first-order chi connectivity index (χ1) is 20.4. The summed E-state index contributed by atoms with van der Waals surface area (Å²) in [5, 5.41) is 25.1. The second kappa shape index (κ2) is 14.0. The van der Waals surface area contributed by atoms with E-state index in [0.29, 0.717) is 31.6 Å². The minimum absolute atomic E-state index is 0.0236. The molecule has 0 saturated carbocycles. The minimum Gasteiger partial charge on any atom is -0.392 e. The van der Waals surface area contributed by atoms with Gasteiger partial charge >= 0.3 is 6.03 Å². The Kier molecular flexibility index (Phi) is 9.99. The van der Waals surface area contributed by atoms with Gasteiger partial charge in [-0.1, -0.05) is 66.7 Å². The molecule has 2 fully saturated rings. The van der Waals surface area contributed by atoms with Gasteiger partial charge in [0, 0.05) is 37.3 Å². The number of carbonyl (C=O) groups excluding carboxylic acids is 2. The van der Waals surface area contributed by atoms with Crippen LogP contribution in [0.5, 0.6) is 0 Å². The summed E-state index contributed by atoms with van der Waals surface area (Å²) in [5.74, 6) is -0.124. The quantitative estimate of drug-likeness (QED) is 0.288. The Labute approximate surface area is 246 Å². The van der Waals surface area contributed by atoms with Gasteiger partial charge in [0.05, 0.1) is 31.0 Å². The highest BCUT2D eigenvalue weighted by molar-refractivity contribution is 5.93. The Balaban J connectivity index is 1.28. The average Bonchev–Trinajstić information content (AvgIpc) is 3.41. The number of aliphatic hydroxyl groups excluding tert-OH is 2.